The molecular formula is C26H27N5O3. The van der Waals surface area contributed by atoms with Gasteiger partial charge >= 0.3 is 0 Å². The minimum atomic E-state index is 0.271. The molecule has 0 radical (unpaired) electrons. The molecule has 8 heteroatoms. The molecular weight excluding hydrogens is 430 g/mol. The van der Waals surface area contributed by atoms with Gasteiger partial charge in [0.1, 0.15) is 6.26 Å². The molecule has 2 aromatic carbocycles. The van der Waals surface area contributed by atoms with Crippen molar-refractivity contribution in [3.8, 4) is 11.5 Å². The van der Waals surface area contributed by atoms with Gasteiger partial charge in [-0.15, -0.1) is 5.10 Å². The molecule has 0 bridgehead atoms. The second-order valence-electron chi connectivity index (χ2n) is 8.27. The van der Waals surface area contributed by atoms with Gasteiger partial charge in [-0.3, -0.25) is 4.68 Å². The van der Waals surface area contributed by atoms with E-state index in [1.807, 2.05) is 41.2 Å². The molecule has 0 saturated carbocycles. The minimum Gasteiger partial charge on any atom is -0.454 e. The van der Waals surface area contributed by atoms with Gasteiger partial charge in [-0.2, -0.15) is 0 Å². The first-order valence-electron chi connectivity index (χ1n) is 11.4. The van der Waals surface area contributed by atoms with Gasteiger partial charge in [0.25, 0.3) is 0 Å². The van der Waals surface area contributed by atoms with E-state index in [0.717, 1.165) is 54.3 Å². The Morgan fingerprint density at radius 3 is 2.76 bits per heavy atom. The molecule has 0 fully saturated rings. The van der Waals surface area contributed by atoms with Crippen LogP contribution < -0.4 is 14.4 Å². The molecule has 0 aliphatic carbocycles. The smallest absolute Gasteiger partial charge is 0.231 e. The second-order valence-corrected chi connectivity index (χ2v) is 8.27. The van der Waals surface area contributed by atoms with E-state index in [4.69, 9.17) is 13.9 Å². The molecule has 3 heterocycles. The van der Waals surface area contributed by atoms with Gasteiger partial charge < -0.3 is 18.8 Å². The number of ether oxygens (including phenoxy) is 2. The van der Waals surface area contributed by atoms with Crippen molar-refractivity contribution in [2.24, 2.45) is 0 Å². The summed E-state index contributed by atoms with van der Waals surface area (Å²) < 4.78 is 18.3. The van der Waals surface area contributed by atoms with E-state index in [0.29, 0.717) is 12.4 Å². The number of anilines is 1. The van der Waals surface area contributed by atoms with Crippen molar-refractivity contribution in [3.63, 3.8) is 0 Å². The molecule has 0 unspecified atom stereocenters. The SMILES string of the molecule is CN(Cc1coc(C=Cc2ccc3c(c2)OCO3)n1)c1ccc(CCCCn2ccnn2)cc1. The van der Waals surface area contributed by atoms with E-state index in [1.165, 1.54) is 5.56 Å². The highest BCUT2D eigenvalue weighted by atomic mass is 16.7. The fraction of sp³-hybridized carbons (Fsp3) is 0.269. The number of unbranched alkanes of at least 4 members (excludes halogenated alkanes) is 1. The van der Waals surface area contributed by atoms with Crippen LogP contribution >= 0.6 is 0 Å². The molecule has 174 valence electrons. The fourth-order valence-corrected chi connectivity index (χ4v) is 3.86. The molecule has 4 aromatic rings. The lowest BCUT2D eigenvalue weighted by molar-refractivity contribution is 0.174. The van der Waals surface area contributed by atoms with Crippen molar-refractivity contribution in [2.75, 3.05) is 18.7 Å². The summed E-state index contributed by atoms with van der Waals surface area (Å²) in [6.45, 7) is 1.84. The van der Waals surface area contributed by atoms with Crippen LogP contribution in [0.3, 0.4) is 0 Å². The largest absolute Gasteiger partial charge is 0.454 e. The molecule has 1 aliphatic heterocycles. The number of hydrogen-bond acceptors (Lipinski definition) is 7. The van der Waals surface area contributed by atoms with Crippen molar-refractivity contribution in [2.45, 2.75) is 32.4 Å². The monoisotopic (exact) mass is 457 g/mol. The van der Waals surface area contributed by atoms with Gasteiger partial charge in [-0.05, 0) is 60.7 Å². The molecule has 0 amide bonds. The lowest BCUT2D eigenvalue weighted by Gasteiger charge is -2.18. The van der Waals surface area contributed by atoms with Crippen LogP contribution in [0.15, 0.2) is 65.5 Å². The van der Waals surface area contributed by atoms with E-state index in [2.05, 4.69) is 51.5 Å². The fourth-order valence-electron chi connectivity index (χ4n) is 3.86. The summed E-state index contributed by atoms with van der Waals surface area (Å²) in [4.78, 5) is 6.75. The van der Waals surface area contributed by atoms with Crippen LogP contribution in [0.4, 0.5) is 5.69 Å². The lowest BCUT2D eigenvalue weighted by atomic mass is 10.1. The predicted octanol–water partition coefficient (Wildman–Crippen LogP) is 4.82. The molecule has 5 rings (SSSR count). The maximum atomic E-state index is 5.63. The number of fused-ring (bicyclic) bond motifs is 1. The van der Waals surface area contributed by atoms with Crippen LogP contribution in [-0.2, 0) is 19.5 Å². The predicted molar refractivity (Wildman–Crippen MR) is 130 cm³/mol. The number of aryl methyl sites for hydroxylation is 2. The number of benzene rings is 2. The van der Waals surface area contributed by atoms with Crippen LogP contribution in [0.5, 0.6) is 11.5 Å². The Morgan fingerprint density at radius 2 is 1.91 bits per heavy atom. The van der Waals surface area contributed by atoms with Crippen LogP contribution in [0.2, 0.25) is 0 Å². The molecule has 0 atom stereocenters. The number of hydrogen-bond donors (Lipinski definition) is 0. The van der Waals surface area contributed by atoms with Gasteiger partial charge in [-0.1, -0.05) is 23.4 Å². The van der Waals surface area contributed by atoms with Crippen molar-refractivity contribution in [3.05, 3.63) is 83.8 Å². The van der Waals surface area contributed by atoms with Crippen LogP contribution in [0.1, 0.15) is 35.6 Å². The summed E-state index contributed by atoms with van der Waals surface area (Å²) in [6, 6.07) is 14.5. The molecule has 0 saturated heterocycles. The zero-order valence-corrected chi connectivity index (χ0v) is 19.1. The maximum Gasteiger partial charge on any atom is 0.231 e. The summed E-state index contributed by atoms with van der Waals surface area (Å²) in [6.07, 6.45) is 12.4. The number of nitrogens with zero attached hydrogens (tertiary/aromatic N) is 5. The van der Waals surface area contributed by atoms with Crippen molar-refractivity contribution in [1.82, 2.24) is 20.0 Å². The first kappa shape index (κ1) is 21.8. The molecule has 2 aromatic heterocycles. The number of aromatic nitrogens is 4. The Morgan fingerprint density at radius 1 is 1.03 bits per heavy atom. The molecule has 0 spiro atoms. The third-order valence-corrected chi connectivity index (χ3v) is 5.74. The summed E-state index contributed by atoms with van der Waals surface area (Å²) in [5.74, 6) is 2.10. The standard InChI is InChI=1S/C26H27N5O3/c1-30(23-9-5-20(6-10-23)4-2-3-14-31-15-13-27-29-31)17-22-18-32-26(28-22)12-8-21-7-11-24-25(16-21)34-19-33-24/h5-13,15-16,18H,2-4,14,17,19H2,1H3. The van der Waals surface area contributed by atoms with Crippen molar-refractivity contribution in [1.29, 1.82) is 0 Å². The van der Waals surface area contributed by atoms with Crippen LogP contribution in [0.25, 0.3) is 12.2 Å². The summed E-state index contributed by atoms with van der Waals surface area (Å²) in [5, 5.41) is 7.84. The van der Waals surface area contributed by atoms with Gasteiger partial charge in [0.2, 0.25) is 12.7 Å². The highest BCUT2D eigenvalue weighted by molar-refractivity contribution is 5.68. The van der Waals surface area contributed by atoms with E-state index in [-0.39, 0.29) is 6.79 Å². The highest BCUT2D eigenvalue weighted by Crippen LogP contribution is 2.33. The Kier molecular flexibility index (Phi) is 6.56. The Balaban J connectivity index is 1.11. The van der Waals surface area contributed by atoms with E-state index in [9.17, 15) is 0 Å². The van der Waals surface area contributed by atoms with Gasteiger partial charge in [-0.25, -0.2) is 4.98 Å². The van der Waals surface area contributed by atoms with Crippen molar-refractivity contribution < 1.29 is 13.9 Å². The van der Waals surface area contributed by atoms with Crippen molar-refractivity contribution >= 4 is 17.8 Å². The molecule has 34 heavy (non-hydrogen) atoms. The Bertz CT molecular complexity index is 1230. The molecule has 1 aliphatic rings. The molecule has 0 N–H and O–H groups in total. The second kappa shape index (κ2) is 10.2. The normalized spacial score (nSPS) is 12.5. The maximum absolute atomic E-state index is 5.63. The summed E-state index contributed by atoms with van der Waals surface area (Å²) in [7, 11) is 2.06. The molecule has 8 nitrogen and oxygen atoms in total. The quantitative estimate of drug-likeness (QED) is 0.316. The zero-order chi connectivity index (χ0) is 23.2. The van der Waals surface area contributed by atoms with Crippen LogP contribution in [0, 0.1) is 0 Å². The topological polar surface area (TPSA) is 78.4 Å². The van der Waals surface area contributed by atoms with Crippen LogP contribution in [-0.4, -0.2) is 33.8 Å². The van der Waals surface area contributed by atoms with Gasteiger partial charge in [0, 0.05) is 31.6 Å². The van der Waals surface area contributed by atoms with E-state index >= 15 is 0 Å². The lowest BCUT2D eigenvalue weighted by Crippen LogP contribution is -2.16. The Labute approximate surface area is 198 Å². The number of rotatable bonds is 10. The summed E-state index contributed by atoms with van der Waals surface area (Å²) in [5.41, 5.74) is 4.37. The Hall–Kier alpha value is -4.07. The zero-order valence-electron chi connectivity index (χ0n) is 19.1. The van der Waals surface area contributed by atoms with E-state index in [1.54, 1.807) is 12.5 Å². The average Bonchev–Trinajstić information content (AvgIpc) is 3.63. The average molecular weight is 458 g/mol. The highest BCUT2D eigenvalue weighted by Gasteiger charge is 2.12. The third-order valence-electron chi connectivity index (χ3n) is 5.74. The minimum absolute atomic E-state index is 0.271. The first-order chi connectivity index (χ1) is 16.7. The van der Waals surface area contributed by atoms with E-state index < -0.39 is 0 Å². The van der Waals surface area contributed by atoms with Gasteiger partial charge in [0.15, 0.2) is 11.5 Å². The summed E-state index contributed by atoms with van der Waals surface area (Å²) >= 11 is 0. The van der Waals surface area contributed by atoms with Gasteiger partial charge in [0.05, 0.1) is 18.4 Å². The number of oxazole rings is 1. The first-order valence-corrected chi connectivity index (χ1v) is 11.4. The third kappa shape index (κ3) is 5.46.